The van der Waals surface area contributed by atoms with Crippen molar-refractivity contribution >= 4 is 15.9 Å². The molecule has 132 valence electrons. The molecule has 0 aromatic heterocycles. The van der Waals surface area contributed by atoms with Crippen molar-refractivity contribution in [2.75, 3.05) is 33.0 Å². The van der Waals surface area contributed by atoms with Crippen molar-refractivity contribution in [1.82, 2.24) is 5.32 Å². The summed E-state index contributed by atoms with van der Waals surface area (Å²) in [5.74, 6) is 1.57. The number of hydrogen-bond donors (Lipinski definition) is 1. The number of benzene rings is 1. The highest BCUT2D eigenvalue weighted by Gasteiger charge is 2.11. The SMILES string of the molecule is CCCCOCCCNCc1cc(Br)c(OCC)c(OCC)c1. The first-order chi connectivity index (χ1) is 11.2. The second-order valence-electron chi connectivity index (χ2n) is 5.27. The largest absolute Gasteiger partial charge is 0.490 e. The van der Waals surface area contributed by atoms with E-state index in [9.17, 15) is 0 Å². The molecule has 5 heteroatoms. The van der Waals surface area contributed by atoms with Gasteiger partial charge in [0.2, 0.25) is 0 Å². The molecule has 0 atom stereocenters. The van der Waals surface area contributed by atoms with Gasteiger partial charge in [-0.2, -0.15) is 0 Å². The van der Waals surface area contributed by atoms with E-state index in [-0.39, 0.29) is 0 Å². The first kappa shape index (κ1) is 20.3. The minimum atomic E-state index is 0.619. The topological polar surface area (TPSA) is 39.7 Å². The van der Waals surface area contributed by atoms with Gasteiger partial charge >= 0.3 is 0 Å². The van der Waals surface area contributed by atoms with Gasteiger partial charge in [0.25, 0.3) is 0 Å². The number of unbranched alkanes of at least 4 members (excludes halogenated alkanes) is 1. The molecule has 23 heavy (non-hydrogen) atoms. The van der Waals surface area contributed by atoms with Crippen molar-refractivity contribution in [3.63, 3.8) is 0 Å². The van der Waals surface area contributed by atoms with Crippen LogP contribution in [0.1, 0.15) is 45.6 Å². The third kappa shape index (κ3) is 8.04. The van der Waals surface area contributed by atoms with E-state index in [0.29, 0.717) is 13.2 Å². The summed E-state index contributed by atoms with van der Waals surface area (Å²) in [6.45, 7) is 10.8. The lowest BCUT2D eigenvalue weighted by molar-refractivity contribution is 0.129. The van der Waals surface area contributed by atoms with E-state index in [0.717, 1.165) is 55.1 Å². The Bertz CT molecular complexity index is 441. The van der Waals surface area contributed by atoms with Gasteiger partial charge in [-0.05, 0) is 66.9 Å². The van der Waals surface area contributed by atoms with E-state index < -0.39 is 0 Å². The Morgan fingerprint density at radius 1 is 1.00 bits per heavy atom. The number of ether oxygens (including phenoxy) is 3. The molecule has 0 heterocycles. The van der Waals surface area contributed by atoms with E-state index in [1.165, 1.54) is 12.0 Å². The third-order valence-electron chi connectivity index (χ3n) is 3.27. The predicted octanol–water partition coefficient (Wildman–Crippen LogP) is 4.54. The predicted molar refractivity (Wildman–Crippen MR) is 98.5 cm³/mol. The standard InChI is InChI=1S/C18H30BrNO3/c1-4-7-10-21-11-8-9-20-14-15-12-16(19)18(23-6-3)17(13-15)22-5-2/h12-13,20H,4-11,14H2,1-3H3. The quantitative estimate of drug-likeness (QED) is 0.504. The highest BCUT2D eigenvalue weighted by atomic mass is 79.9. The van der Waals surface area contributed by atoms with Gasteiger partial charge in [0.05, 0.1) is 17.7 Å². The number of hydrogen-bond acceptors (Lipinski definition) is 4. The lowest BCUT2D eigenvalue weighted by Gasteiger charge is -2.15. The number of halogens is 1. The molecule has 0 amide bonds. The second kappa shape index (κ2) is 12.6. The molecule has 0 spiro atoms. The van der Waals surface area contributed by atoms with Gasteiger partial charge in [-0.1, -0.05) is 13.3 Å². The zero-order valence-electron chi connectivity index (χ0n) is 14.6. The van der Waals surface area contributed by atoms with Crippen molar-refractivity contribution in [3.05, 3.63) is 22.2 Å². The van der Waals surface area contributed by atoms with Crippen LogP contribution in [0.2, 0.25) is 0 Å². The summed E-state index contributed by atoms with van der Waals surface area (Å²) in [6.07, 6.45) is 3.36. The van der Waals surface area contributed by atoms with Crippen LogP contribution in [0.15, 0.2) is 16.6 Å². The molecule has 4 nitrogen and oxygen atoms in total. The zero-order chi connectivity index (χ0) is 16.9. The average molecular weight is 388 g/mol. The number of nitrogens with one attached hydrogen (secondary N) is 1. The van der Waals surface area contributed by atoms with E-state index in [1.807, 2.05) is 19.9 Å². The lowest BCUT2D eigenvalue weighted by atomic mass is 10.2. The van der Waals surface area contributed by atoms with Crippen molar-refractivity contribution < 1.29 is 14.2 Å². The van der Waals surface area contributed by atoms with Crippen LogP contribution >= 0.6 is 15.9 Å². The van der Waals surface area contributed by atoms with Crippen LogP contribution in [-0.2, 0) is 11.3 Å². The van der Waals surface area contributed by atoms with Gasteiger partial charge in [0.15, 0.2) is 11.5 Å². The molecule has 0 unspecified atom stereocenters. The maximum absolute atomic E-state index is 5.69. The normalized spacial score (nSPS) is 10.8. The summed E-state index contributed by atoms with van der Waals surface area (Å²) in [4.78, 5) is 0. The van der Waals surface area contributed by atoms with E-state index in [1.54, 1.807) is 0 Å². The molecule has 0 aliphatic rings. The van der Waals surface area contributed by atoms with Crippen LogP contribution in [0.4, 0.5) is 0 Å². The molecule has 0 aliphatic heterocycles. The Morgan fingerprint density at radius 2 is 1.74 bits per heavy atom. The Morgan fingerprint density at radius 3 is 2.43 bits per heavy atom. The summed E-state index contributed by atoms with van der Waals surface area (Å²) in [7, 11) is 0. The monoisotopic (exact) mass is 387 g/mol. The summed E-state index contributed by atoms with van der Waals surface area (Å²) in [6, 6.07) is 4.13. The minimum Gasteiger partial charge on any atom is -0.490 e. The summed E-state index contributed by atoms with van der Waals surface area (Å²) >= 11 is 3.57. The molecular weight excluding hydrogens is 358 g/mol. The Hall–Kier alpha value is -0.780. The van der Waals surface area contributed by atoms with Gasteiger partial charge in [-0.25, -0.2) is 0 Å². The van der Waals surface area contributed by atoms with Gasteiger partial charge in [0.1, 0.15) is 0 Å². The van der Waals surface area contributed by atoms with Gasteiger partial charge in [0, 0.05) is 19.8 Å². The fraction of sp³-hybridized carbons (Fsp3) is 0.667. The van der Waals surface area contributed by atoms with Crippen molar-refractivity contribution in [1.29, 1.82) is 0 Å². The third-order valence-corrected chi connectivity index (χ3v) is 3.86. The fourth-order valence-electron chi connectivity index (χ4n) is 2.15. The Kier molecular flexibility index (Phi) is 11.1. The van der Waals surface area contributed by atoms with Crippen LogP contribution < -0.4 is 14.8 Å². The molecule has 1 rings (SSSR count). The molecule has 1 aromatic rings. The summed E-state index contributed by atoms with van der Waals surface area (Å²) < 4.78 is 17.8. The molecule has 1 aromatic carbocycles. The lowest BCUT2D eigenvalue weighted by Crippen LogP contribution is -2.16. The maximum atomic E-state index is 5.69. The summed E-state index contributed by atoms with van der Waals surface area (Å²) in [5, 5.41) is 3.44. The summed E-state index contributed by atoms with van der Waals surface area (Å²) in [5.41, 5.74) is 1.18. The highest BCUT2D eigenvalue weighted by Crippen LogP contribution is 2.36. The molecule has 0 saturated heterocycles. The van der Waals surface area contributed by atoms with Crippen molar-refractivity contribution in [2.24, 2.45) is 0 Å². The first-order valence-corrected chi connectivity index (χ1v) is 9.38. The smallest absolute Gasteiger partial charge is 0.175 e. The molecule has 0 fully saturated rings. The molecule has 0 radical (unpaired) electrons. The molecule has 0 bridgehead atoms. The van der Waals surface area contributed by atoms with Crippen LogP contribution in [0.5, 0.6) is 11.5 Å². The van der Waals surface area contributed by atoms with E-state index in [2.05, 4.69) is 34.2 Å². The average Bonchev–Trinajstić information content (AvgIpc) is 2.53. The van der Waals surface area contributed by atoms with Crippen molar-refractivity contribution in [3.8, 4) is 11.5 Å². The minimum absolute atomic E-state index is 0.619. The van der Waals surface area contributed by atoms with Crippen LogP contribution in [0.25, 0.3) is 0 Å². The maximum Gasteiger partial charge on any atom is 0.175 e. The molecular formula is C18H30BrNO3. The Balaban J connectivity index is 2.41. The first-order valence-electron chi connectivity index (χ1n) is 8.59. The Labute approximate surface area is 149 Å². The van der Waals surface area contributed by atoms with E-state index in [4.69, 9.17) is 14.2 Å². The van der Waals surface area contributed by atoms with Gasteiger partial charge < -0.3 is 19.5 Å². The van der Waals surface area contributed by atoms with Gasteiger partial charge in [-0.15, -0.1) is 0 Å². The molecule has 1 N–H and O–H groups in total. The van der Waals surface area contributed by atoms with Crippen LogP contribution in [-0.4, -0.2) is 33.0 Å². The van der Waals surface area contributed by atoms with E-state index >= 15 is 0 Å². The molecule has 0 aliphatic carbocycles. The fourth-order valence-corrected chi connectivity index (χ4v) is 2.76. The number of rotatable bonds is 13. The van der Waals surface area contributed by atoms with Crippen molar-refractivity contribution in [2.45, 2.75) is 46.6 Å². The van der Waals surface area contributed by atoms with Crippen LogP contribution in [0, 0.1) is 0 Å². The zero-order valence-corrected chi connectivity index (χ0v) is 16.2. The van der Waals surface area contributed by atoms with Gasteiger partial charge in [-0.3, -0.25) is 0 Å². The van der Waals surface area contributed by atoms with Crippen LogP contribution in [0.3, 0.4) is 0 Å². The highest BCUT2D eigenvalue weighted by molar-refractivity contribution is 9.10. The second-order valence-corrected chi connectivity index (χ2v) is 6.12. The molecule has 0 saturated carbocycles.